The van der Waals surface area contributed by atoms with Crippen LogP contribution in [0.25, 0.3) is 6.08 Å². The molecule has 8 heteroatoms. The highest BCUT2D eigenvalue weighted by Crippen LogP contribution is 2.19. The molecule has 0 radical (unpaired) electrons. The van der Waals surface area contributed by atoms with E-state index >= 15 is 0 Å². The van der Waals surface area contributed by atoms with Crippen molar-refractivity contribution in [2.24, 2.45) is 5.16 Å². The van der Waals surface area contributed by atoms with Crippen LogP contribution >= 0.6 is 0 Å². The van der Waals surface area contributed by atoms with Crippen molar-refractivity contribution in [3.05, 3.63) is 83.4 Å². The Morgan fingerprint density at radius 3 is 2.20 bits per heavy atom. The molecule has 30 heavy (non-hydrogen) atoms. The van der Waals surface area contributed by atoms with Crippen LogP contribution in [0.15, 0.2) is 77.5 Å². The molecule has 0 saturated carbocycles. The first-order chi connectivity index (χ1) is 14.4. The Morgan fingerprint density at radius 2 is 1.60 bits per heavy atom. The van der Waals surface area contributed by atoms with Crippen LogP contribution in [0.1, 0.15) is 11.1 Å². The molecule has 152 valence electrons. The largest absolute Gasteiger partial charge is 0.480 e. The number of carbonyl (C=O) groups is 3. The molecule has 1 aliphatic rings. The topological polar surface area (TPSA) is 116 Å². The van der Waals surface area contributed by atoms with Crippen molar-refractivity contribution in [1.29, 1.82) is 0 Å². The van der Waals surface area contributed by atoms with Gasteiger partial charge in [-0.15, -0.1) is 0 Å². The highest BCUT2D eigenvalue weighted by Gasteiger charge is 2.25. The lowest BCUT2D eigenvalue weighted by Gasteiger charge is -2.20. The smallest absolute Gasteiger partial charge is 0.368 e. The Bertz CT molecular complexity index is 1020. The molecule has 2 aromatic rings. The van der Waals surface area contributed by atoms with Gasteiger partial charge in [0.25, 0.3) is 0 Å². The maximum Gasteiger partial charge on any atom is 0.368 e. The summed E-state index contributed by atoms with van der Waals surface area (Å²) in [5, 5.41) is 21.8. The van der Waals surface area contributed by atoms with Crippen LogP contribution in [0.2, 0.25) is 0 Å². The summed E-state index contributed by atoms with van der Waals surface area (Å²) in [6, 6.07) is 15.9. The minimum absolute atomic E-state index is 0.336. The van der Waals surface area contributed by atoms with E-state index in [1.54, 1.807) is 42.5 Å². The van der Waals surface area contributed by atoms with Crippen molar-refractivity contribution >= 4 is 35.4 Å². The van der Waals surface area contributed by atoms with E-state index in [1.807, 2.05) is 30.3 Å². The minimum Gasteiger partial charge on any atom is -0.480 e. The molecule has 0 aromatic heterocycles. The SMILES string of the molecule is O=C(O)CN(CC(=O)O)c1ccc(C=C/C=C2\C(=O)ON=C2c2ccccc2)cc1. The fourth-order valence-electron chi connectivity index (χ4n) is 2.85. The highest BCUT2D eigenvalue weighted by atomic mass is 16.7. The second-order valence-electron chi connectivity index (χ2n) is 6.36. The average molecular weight is 406 g/mol. The minimum atomic E-state index is -1.12. The quantitative estimate of drug-likeness (QED) is 0.511. The maximum atomic E-state index is 12.0. The Hall–Kier alpha value is -4.20. The summed E-state index contributed by atoms with van der Waals surface area (Å²) in [5.74, 6) is -2.77. The van der Waals surface area contributed by atoms with Crippen LogP contribution in [0.5, 0.6) is 0 Å². The fourth-order valence-corrected chi connectivity index (χ4v) is 2.85. The van der Waals surface area contributed by atoms with Gasteiger partial charge in [-0.3, -0.25) is 9.59 Å². The third kappa shape index (κ3) is 5.20. The van der Waals surface area contributed by atoms with E-state index in [9.17, 15) is 14.4 Å². The zero-order valence-corrected chi connectivity index (χ0v) is 15.8. The number of carboxylic acid groups (broad SMARTS) is 2. The van der Waals surface area contributed by atoms with Crippen molar-refractivity contribution in [3.63, 3.8) is 0 Å². The molecular weight excluding hydrogens is 388 g/mol. The first-order valence-electron chi connectivity index (χ1n) is 8.96. The molecule has 0 unspecified atom stereocenters. The van der Waals surface area contributed by atoms with Crippen LogP contribution in [-0.4, -0.2) is 46.9 Å². The van der Waals surface area contributed by atoms with E-state index in [2.05, 4.69) is 5.16 Å². The first kappa shape index (κ1) is 20.5. The monoisotopic (exact) mass is 406 g/mol. The molecule has 0 atom stereocenters. The lowest BCUT2D eigenvalue weighted by atomic mass is 10.0. The molecule has 0 aliphatic carbocycles. The molecular formula is C22H18N2O6. The number of anilines is 1. The van der Waals surface area contributed by atoms with Gasteiger partial charge in [-0.25, -0.2) is 4.79 Å². The lowest BCUT2D eigenvalue weighted by Crippen LogP contribution is -2.34. The van der Waals surface area contributed by atoms with Gasteiger partial charge in [-0.05, 0) is 23.8 Å². The van der Waals surface area contributed by atoms with Crippen molar-refractivity contribution in [2.45, 2.75) is 0 Å². The zero-order chi connectivity index (χ0) is 21.5. The summed E-state index contributed by atoms with van der Waals surface area (Å²) < 4.78 is 0. The summed E-state index contributed by atoms with van der Waals surface area (Å²) in [6.45, 7) is -0.839. The van der Waals surface area contributed by atoms with Gasteiger partial charge < -0.3 is 20.0 Å². The maximum absolute atomic E-state index is 12.0. The summed E-state index contributed by atoms with van der Waals surface area (Å²) in [5.41, 5.74) is 2.82. The number of aliphatic carboxylic acids is 2. The van der Waals surface area contributed by atoms with Gasteiger partial charge in [-0.1, -0.05) is 59.8 Å². The van der Waals surface area contributed by atoms with Gasteiger partial charge in [0.1, 0.15) is 18.8 Å². The van der Waals surface area contributed by atoms with Gasteiger partial charge in [0, 0.05) is 11.3 Å². The molecule has 8 nitrogen and oxygen atoms in total. The van der Waals surface area contributed by atoms with Crippen LogP contribution in [0.4, 0.5) is 5.69 Å². The van der Waals surface area contributed by atoms with Crippen molar-refractivity contribution in [2.75, 3.05) is 18.0 Å². The number of hydrogen-bond acceptors (Lipinski definition) is 6. The molecule has 0 saturated heterocycles. The third-order valence-corrected chi connectivity index (χ3v) is 4.20. The van der Waals surface area contributed by atoms with E-state index in [-0.39, 0.29) is 0 Å². The van der Waals surface area contributed by atoms with E-state index < -0.39 is 31.0 Å². The number of nitrogens with zero attached hydrogens (tertiary/aromatic N) is 2. The van der Waals surface area contributed by atoms with E-state index in [1.165, 1.54) is 4.90 Å². The second-order valence-corrected chi connectivity index (χ2v) is 6.36. The number of carbonyl (C=O) groups excluding carboxylic acids is 1. The first-order valence-corrected chi connectivity index (χ1v) is 8.96. The fraction of sp³-hybridized carbons (Fsp3) is 0.0909. The summed E-state index contributed by atoms with van der Waals surface area (Å²) in [6.07, 6.45) is 5.04. The molecule has 3 rings (SSSR count). The molecule has 0 amide bonds. The number of oxime groups is 1. The van der Waals surface area contributed by atoms with Gasteiger partial charge in [0.15, 0.2) is 0 Å². The van der Waals surface area contributed by atoms with Crippen molar-refractivity contribution in [3.8, 4) is 0 Å². The summed E-state index contributed by atoms with van der Waals surface area (Å²) >= 11 is 0. The van der Waals surface area contributed by atoms with Crippen LogP contribution < -0.4 is 4.90 Å². The van der Waals surface area contributed by atoms with E-state index in [0.29, 0.717) is 17.0 Å². The van der Waals surface area contributed by atoms with Gasteiger partial charge in [-0.2, -0.15) is 0 Å². The Morgan fingerprint density at radius 1 is 0.967 bits per heavy atom. The Balaban J connectivity index is 1.74. The van der Waals surface area contributed by atoms with Crippen LogP contribution in [0.3, 0.4) is 0 Å². The molecule has 0 fully saturated rings. The number of allylic oxidation sites excluding steroid dienone is 2. The number of benzene rings is 2. The molecule has 1 heterocycles. The normalized spacial score (nSPS) is 14.6. The molecule has 0 spiro atoms. The van der Waals surface area contributed by atoms with Gasteiger partial charge in [0.2, 0.25) is 0 Å². The number of carboxylic acids is 2. The zero-order valence-electron chi connectivity index (χ0n) is 15.8. The van der Waals surface area contributed by atoms with Gasteiger partial charge >= 0.3 is 17.9 Å². The van der Waals surface area contributed by atoms with E-state index in [0.717, 1.165) is 11.1 Å². The van der Waals surface area contributed by atoms with Crippen molar-refractivity contribution in [1.82, 2.24) is 0 Å². The molecule has 1 aliphatic heterocycles. The average Bonchev–Trinajstić information content (AvgIpc) is 3.08. The van der Waals surface area contributed by atoms with Crippen LogP contribution in [-0.2, 0) is 19.2 Å². The Kier molecular flexibility index (Phi) is 6.39. The van der Waals surface area contributed by atoms with Gasteiger partial charge in [0.05, 0.1) is 5.57 Å². The molecule has 0 bridgehead atoms. The predicted molar refractivity (Wildman–Crippen MR) is 110 cm³/mol. The summed E-state index contributed by atoms with van der Waals surface area (Å²) in [4.78, 5) is 39.9. The van der Waals surface area contributed by atoms with Crippen molar-refractivity contribution < 1.29 is 29.4 Å². The molecule has 2 aromatic carbocycles. The molecule has 2 N–H and O–H groups in total. The predicted octanol–water partition coefficient (Wildman–Crippen LogP) is 2.56. The Labute approximate surface area is 172 Å². The van der Waals surface area contributed by atoms with Crippen LogP contribution in [0, 0.1) is 0 Å². The number of hydrogen-bond donors (Lipinski definition) is 2. The number of rotatable bonds is 8. The standard InChI is InChI=1S/C22H18N2O6/c25-19(26)13-24(14-20(27)28)17-11-9-15(10-12-17)5-4-8-18-21(23-30-22(18)29)16-6-2-1-3-7-16/h1-12H,13-14H2,(H,25,26)(H,27,28)/b5-4?,18-8-. The third-order valence-electron chi connectivity index (χ3n) is 4.20. The second kappa shape index (κ2) is 9.33. The summed E-state index contributed by atoms with van der Waals surface area (Å²) in [7, 11) is 0. The highest BCUT2D eigenvalue weighted by molar-refractivity contribution is 6.29. The van der Waals surface area contributed by atoms with E-state index in [4.69, 9.17) is 15.1 Å². The lowest BCUT2D eigenvalue weighted by molar-refractivity contribution is -0.138.